The van der Waals surface area contributed by atoms with Crippen molar-refractivity contribution >= 4 is 12.4 Å². The van der Waals surface area contributed by atoms with Crippen LogP contribution in [-0.2, 0) is 0 Å². The minimum atomic E-state index is 0. The van der Waals surface area contributed by atoms with Gasteiger partial charge in [0.25, 0.3) is 0 Å². The Morgan fingerprint density at radius 2 is 2.18 bits per heavy atom. The third-order valence-electron chi connectivity index (χ3n) is 3.00. The molecule has 0 bridgehead atoms. The summed E-state index contributed by atoms with van der Waals surface area (Å²) in [5.74, 6) is 2.52. The third kappa shape index (κ3) is 4.44. The number of nitrogens with one attached hydrogen (secondary N) is 1. The molecule has 2 rings (SSSR count). The summed E-state index contributed by atoms with van der Waals surface area (Å²) in [5, 5.41) is 3.36. The first-order valence-corrected chi connectivity index (χ1v) is 5.86. The maximum atomic E-state index is 5.70. The molecule has 1 aromatic rings. The minimum absolute atomic E-state index is 0. The number of hydrogen-bond donors (Lipinski definition) is 1. The highest BCUT2D eigenvalue weighted by Gasteiger charge is 2.13. The zero-order valence-corrected chi connectivity index (χ0v) is 11.0. The van der Waals surface area contributed by atoms with Crippen LogP contribution >= 0.6 is 12.4 Å². The second kappa shape index (κ2) is 7.41. The van der Waals surface area contributed by atoms with Crippen molar-refractivity contribution in [1.29, 1.82) is 0 Å². The van der Waals surface area contributed by atoms with E-state index in [1.54, 1.807) is 7.11 Å². The third-order valence-corrected chi connectivity index (χ3v) is 3.00. The summed E-state index contributed by atoms with van der Waals surface area (Å²) in [4.78, 5) is 0. The molecule has 1 unspecified atom stereocenters. The second-order valence-electron chi connectivity index (χ2n) is 4.17. The molecule has 1 aliphatic rings. The molecule has 1 saturated heterocycles. The van der Waals surface area contributed by atoms with Crippen LogP contribution in [0.5, 0.6) is 11.5 Å². The topological polar surface area (TPSA) is 30.5 Å². The van der Waals surface area contributed by atoms with Crippen LogP contribution in [0.2, 0.25) is 0 Å². The highest BCUT2D eigenvalue weighted by Crippen LogP contribution is 2.20. The van der Waals surface area contributed by atoms with Crippen LogP contribution in [-0.4, -0.2) is 26.8 Å². The number of hydrogen-bond acceptors (Lipinski definition) is 3. The lowest BCUT2D eigenvalue weighted by atomic mass is 10.1. The van der Waals surface area contributed by atoms with Crippen LogP contribution in [0.3, 0.4) is 0 Å². The SMILES string of the molecule is COc1cccc(OCCC2CCNC2)c1.Cl. The Labute approximate surface area is 109 Å². The van der Waals surface area contributed by atoms with E-state index in [9.17, 15) is 0 Å². The minimum Gasteiger partial charge on any atom is -0.497 e. The monoisotopic (exact) mass is 257 g/mol. The quantitative estimate of drug-likeness (QED) is 0.879. The number of methoxy groups -OCH3 is 1. The summed E-state index contributed by atoms with van der Waals surface area (Å²) in [6.07, 6.45) is 2.41. The van der Waals surface area contributed by atoms with Gasteiger partial charge >= 0.3 is 0 Å². The largest absolute Gasteiger partial charge is 0.497 e. The molecule has 1 atom stereocenters. The van der Waals surface area contributed by atoms with E-state index in [1.807, 2.05) is 24.3 Å². The first-order chi connectivity index (χ1) is 7.88. The molecule has 0 saturated carbocycles. The Kier molecular flexibility index (Phi) is 6.16. The molecule has 1 aliphatic heterocycles. The molecule has 1 heterocycles. The molecule has 0 spiro atoms. The van der Waals surface area contributed by atoms with Crippen LogP contribution in [0.1, 0.15) is 12.8 Å². The standard InChI is InChI=1S/C13H19NO2.ClH/c1-15-12-3-2-4-13(9-12)16-8-6-11-5-7-14-10-11;/h2-4,9,11,14H,5-8,10H2,1H3;1H. The number of ether oxygens (including phenoxy) is 2. The van der Waals surface area contributed by atoms with Gasteiger partial charge in [-0.25, -0.2) is 0 Å². The zero-order chi connectivity index (χ0) is 11.2. The molecule has 0 aliphatic carbocycles. The van der Waals surface area contributed by atoms with Gasteiger partial charge in [-0.05, 0) is 44.0 Å². The van der Waals surface area contributed by atoms with Crippen molar-refractivity contribution in [2.45, 2.75) is 12.8 Å². The Balaban J connectivity index is 0.00000144. The van der Waals surface area contributed by atoms with E-state index >= 15 is 0 Å². The first kappa shape index (κ1) is 14.1. The van der Waals surface area contributed by atoms with Crippen molar-refractivity contribution in [1.82, 2.24) is 5.32 Å². The average Bonchev–Trinajstić information content (AvgIpc) is 2.82. The van der Waals surface area contributed by atoms with E-state index in [4.69, 9.17) is 9.47 Å². The maximum Gasteiger partial charge on any atom is 0.122 e. The molecule has 17 heavy (non-hydrogen) atoms. The van der Waals surface area contributed by atoms with Gasteiger partial charge in [0, 0.05) is 6.07 Å². The summed E-state index contributed by atoms with van der Waals surface area (Å²) in [6.45, 7) is 3.09. The Morgan fingerprint density at radius 3 is 2.88 bits per heavy atom. The van der Waals surface area contributed by atoms with Crippen molar-refractivity contribution in [3.63, 3.8) is 0 Å². The average molecular weight is 258 g/mol. The lowest BCUT2D eigenvalue weighted by molar-refractivity contribution is 0.282. The summed E-state index contributed by atoms with van der Waals surface area (Å²) < 4.78 is 10.8. The molecule has 1 N–H and O–H groups in total. The molecular weight excluding hydrogens is 238 g/mol. The molecule has 96 valence electrons. The van der Waals surface area contributed by atoms with Crippen LogP contribution in [0, 0.1) is 5.92 Å². The summed E-state index contributed by atoms with van der Waals surface area (Å²) in [5.41, 5.74) is 0. The van der Waals surface area contributed by atoms with Crippen molar-refractivity contribution in [3.05, 3.63) is 24.3 Å². The van der Waals surface area contributed by atoms with E-state index in [-0.39, 0.29) is 12.4 Å². The lowest BCUT2D eigenvalue weighted by Crippen LogP contribution is -2.11. The predicted octanol–water partition coefficient (Wildman–Crippen LogP) is 2.50. The molecule has 0 radical (unpaired) electrons. The highest BCUT2D eigenvalue weighted by atomic mass is 35.5. The van der Waals surface area contributed by atoms with E-state index in [0.717, 1.165) is 43.5 Å². The summed E-state index contributed by atoms with van der Waals surface area (Å²) in [6, 6.07) is 7.77. The van der Waals surface area contributed by atoms with Crippen molar-refractivity contribution in [3.8, 4) is 11.5 Å². The van der Waals surface area contributed by atoms with Crippen LogP contribution in [0.15, 0.2) is 24.3 Å². The second-order valence-corrected chi connectivity index (χ2v) is 4.17. The van der Waals surface area contributed by atoms with Gasteiger partial charge in [-0.3, -0.25) is 0 Å². The van der Waals surface area contributed by atoms with Crippen LogP contribution < -0.4 is 14.8 Å². The number of benzene rings is 1. The Bertz CT molecular complexity index is 327. The van der Waals surface area contributed by atoms with Crippen LogP contribution in [0.25, 0.3) is 0 Å². The van der Waals surface area contributed by atoms with Gasteiger partial charge in [-0.15, -0.1) is 12.4 Å². The molecular formula is C13H20ClNO2. The fourth-order valence-corrected chi connectivity index (χ4v) is 2.00. The first-order valence-electron chi connectivity index (χ1n) is 5.86. The van der Waals surface area contributed by atoms with Crippen molar-refractivity contribution in [2.24, 2.45) is 5.92 Å². The number of halogens is 1. The van der Waals surface area contributed by atoms with Gasteiger partial charge in [-0.2, -0.15) is 0 Å². The Hall–Kier alpha value is -0.930. The van der Waals surface area contributed by atoms with Gasteiger partial charge in [-0.1, -0.05) is 6.07 Å². The molecule has 1 aromatic carbocycles. The van der Waals surface area contributed by atoms with Crippen LogP contribution in [0.4, 0.5) is 0 Å². The fourth-order valence-electron chi connectivity index (χ4n) is 2.00. The molecule has 0 amide bonds. The zero-order valence-electron chi connectivity index (χ0n) is 10.1. The molecule has 4 heteroatoms. The molecule has 1 fully saturated rings. The van der Waals surface area contributed by atoms with E-state index < -0.39 is 0 Å². The molecule has 3 nitrogen and oxygen atoms in total. The van der Waals surface area contributed by atoms with E-state index in [0.29, 0.717) is 0 Å². The fraction of sp³-hybridized carbons (Fsp3) is 0.538. The van der Waals surface area contributed by atoms with E-state index in [2.05, 4.69) is 5.32 Å². The van der Waals surface area contributed by atoms with Crippen molar-refractivity contribution < 1.29 is 9.47 Å². The summed E-state index contributed by atoms with van der Waals surface area (Å²) >= 11 is 0. The van der Waals surface area contributed by atoms with Gasteiger partial charge in [0.05, 0.1) is 13.7 Å². The van der Waals surface area contributed by atoms with Crippen molar-refractivity contribution in [2.75, 3.05) is 26.8 Å². The van der Waals surface area contributed by atoms with Gasteiger partial charge < -0.3 is 14.8 Å². The smallest absolute Gasteiger partial charge is 0.122 e. The normalized spacial score (nSPS) is 18.5. The van der Waals surface area contributed by atoms with Gasteiger partial charge in [0.1, 0.15) is 11.5 Å². The number of rotatable bonds is 5. The lowest BCUT2D eigenvalue weighted by Gasteiger charge is -2.10. The van der Waals surface area contributed by atoms with Gasteiger partial charge in [0.15, 0.2) is 0 Å². The van der Waals surface area contributed by atoms with E-state index in [1.165, 1.54) is 6.42 Å². The van der Waals surface area contributed by atoms with Gasteiger partial charge in [0.2, 0.25) is 0 Å². The Morgan fingerprint density at radius 1 is 1.35 bits per heavy atom. The maximum absolute atomic E-state index is 5.70. The summed E-state index contributed by atoms with van der Waals surface area (Å²) in [7, 11) is 1.67. The highest BCUT2D eigenvalue weighted by molar-refractivity contribution is 5.85. The predicted molar refractivity (Wildman–Crippen MR) is 71.3 cm³/mol. The molecule has 0 aromatic heterocycles.